The maximum atomic E-state index is 12.3. The van der Waals surface area contributed by atoms with Gasteiger partial charge in [0, 0.05) is 37.9 Å². The van der Waals surface area contributed by atoms with Crippen LogP contribution >= 0.6 is 0 Å². The molecule has 152 valence electrons. The maximum absolute atomic E-state index is 12.3. The van der Waals surface area contributed by atoms with Crippen LogP contribution in [0.15, 0.2) is 60.7 Å². The summed E-state index contributed by atoms with van der Waals surface area (Å²) in [6.07, 6.45) is 3.45. The van der Waals surface area contributed by atoms with Crippen molar-refractivity contribution in [2.24, 2.45) is 0 Å². The molecule has 29 heavy (non-hydrogen) atoms. The number of benzene rings is 2. The molecule has 2 aromatic rings. The van der Waals surface area contributed by atoms with Crippen molar-refractivity contribution >= 4 is 23.6 Å². The summed E-state index contributed by atoms with van der Waals surface area (Å²) in [4.78, 5) is 28.5. The second-order valence-electron chi connectivity index (χ2n) is 6.85. The molecule has 2 amide bonds. The summed E-state index contributed by atoms with van der Waals surface area (Å²) in [6.45, 7) is 5.46. The molecule has 0 unspecified atom stereocenters. The van der Waals surface area contributed by atoms with Crippen molar-refractivity contribution in [3.05, 3.63) is 66.2 Å². The third kappa shape index (κ3) is 6.47. The van der Waals surface area contributed by atoms with E-state index >= 15 is 0 Å². The Kier molecular flexibility index (Phi) is 7.41. The molecule has 2 aromatic carbocycles. The first-order valence-electron chi connectivity index (χ1n) is 9.91. The van der Waals surface area contributed by atoms with Gasteiger partial charge in [0.25, 0.3) is 0 Å². The number of nitrogens with one attached hydrogen (secondary N) is 1. The minimum atomic E-state index is -0.0575. The zero-order valence-corrected chi connectivity index (χ0v) is 16.7. The fraction of sp³-hybridized carbons (Fsp3) is 0.304. The number of carbonyl (C=O) groups excluding carboxylic acids is 2. The molecule has 0 spiro atoms. The van der Waals surface area contributed by atoms with E-state index in [1.807, 2.05) is 72.5 Å². The van der Waals surface area contributed by atoms with Gasteiger partial charge < -0.3 is 15.0 Å². The highest BCUT2D eigenvalue weighted by atomic mass is 16.5. The first-order chi connectivity index (χ1) is 14.1. The molecule has 1 aliphatic rings. The van der Waals surface area contributed by atoms with Gasteiger partial charge in [0.1, 0.15) is 5.75 Å². The molecule has 1 heterocycles. The minimum absolute atomic E-state index is 0.00680. The summed E-state index contributed by atoms with van der Waals surface area (Å²) < 4.78 is 5.40. The van der Waals surface area contributed by atoms with Gasteiger partial charge in [0.05, 0.1) is 13.2 Å². The van der Waals surface area contributed by atoms with Gasteiger partial charge in [-0.1, -0.05) is 30.3 Å². The van der Waals surface area contributed by atoms with Crippen molar-refractivity contribution < 1.29 is 14.3 Å². The predicted molar refractivity (Wildman–Crippen MR) is 115 cm³/mol. The average molecular weight is 393 g/mol. The lowest BCUT2D eigenvalue weighted by molar-refractivity contribution is -0.127. The fourth-order valence-corrected chi connectivity index (χ4v) is 3.17. The molecule has 6 nitrogen and oxygen atoms in total. The molecule has 3 rings (SSSR count). The Labute approximate surface area is 171 Å². The lowest BCUT2D eigenvalue weighted by Gasteiger charge is -2.33. The Balaban J connectivity index is 1.41. The molecule has 0 aromatic heterocycles. The molecule has 0 aliphatic carbocycles. The van der Waals surface area contributed by atoms with Gasteiger partial charge in [-0.25, -0.2) is 0 Å². The highest BCUT2D eigenvalue weighted by Gasteiger charge is 2.21. The van der Waals surface area contributed by atoms with E-state index in [9.17, 15) is 9.59 Å². The average Bonchev–Trinajstić information content (AvgIpc) is 2.75. The molecule has 0 radical (unpaired) electrons. The molecule has 0 saturated carbocycles. The normalized spacial score (nSPS) is 14.7. The van der Waals surface area contributed by atoms with Crippen LogP contribution in [-0.4, -0.2) is 60.9 Å². The molecular formula is C23H27N3O3. The number of rotatable bonds is 7. The van der Waals surface area contributed by atoms with Crippen LogP contribution in [0.4, 0.5) is 5.69 Å². The smallest absolute Gasteiger partial charge is 0.246 e. The Morgan fingerprint density at radius 2 is 1.69 bits per heavy atom. The van der Waals surface area contributed by atoms with Gasteiger partial charge in [-0.2, -0.15) is 0 Å². The standard InChI is InChI=1S/C23H27N3O3/c1-2-29-21-11-9-20(10-12-21)24-22(27)18-25-14-16-26(17-15-25)23(28)13-8-19-6-4-3-5-7-19/h3-13H,2,14-18H2,1H3,(H,24,27)/b13-8+. The van der Waals surface area contributed by atoms with Gasteiger partial charge in [-0.05, 0) is 42.8 Å². The largest absolute Gasteiger partial charge is 0.494 e. The van der Waals surface area contributed by atoms with Crippen molar-refractivity contribution in [3.8, 4) is 5.75 Å². The number of ether oxygens (including phenoxy) is 1. The summed E-state index contributed by atoms with van der Waals surface area (Å²) in [5.74, 6) is 0.734. The number of hydrogen-bond acceptors (Lipinski definition) is 4. The molecule has 1 saturated heterocycles. The number of nitrogens with zero attached hydrogens (tertiary/aromatic N) is 2. The lowest BCUT2D eigenvalue weighted by Crippen LogP contribution is -2.50. The van der Waals surface area contributed by atoms with Crippen molar-refractivity contribution in [2.75, 3.05) is 44.6 Å². The first kappa shape index (κ1) is 20.6. The highest BCUT2D eigenvalue weighted by Crippen LogP contribution is 2.15. The van der Waals surface area contributed by atoms with Gasteiger partial charge in [-0.15, -0.1) is 0 Å². The van der Waals surface area contributed by atoms with Gasteiger partial charge >= 0.3 is 0 Å². The summed E-state index contributed by atoms with van der Waals surface area (Å²) in [7, 11) is 0. The van der Waals surface area contributed by atoms with Crippen molar-refractivity contribution in [3.63, 3.8) is 0 Å². The third-order valence-electron chi connectivity index (χ3n) is 4.72. The van der Waals surface area contributed by atoms with E-state index in [0.717, 1.165) is 17.0 Å². The molecule has 1 N–H and O–H groups in total. The summed E-state index contributed by atoms with van der Waals surface area (Å²) >= 11 is 0. The van der Waals surface area contributed by atoms with Crippen molar-refractivity contribution in [1.29, 1.82) is 0 Å². The summed E-state index contributed by atoms with van der Waals surface area (Å²) in [5, 5.41) is 2.90. The van der Waals surface area contributed by atoms with Crippen LogP contribution in [-0.2, 0) is 9.59 Å². The van der Waals surface area contributed by atoms with E-state index in [2.05, 4.69) is 10.2 Å². The highest BCUT2D eigenvalue weighted by molar-refractivity contribution is 5.93. The van der Waals surface area contributed by atoms with Crippen LogP contribution in [0.3, 0.4) is 0 Å². The van der Waals surface area contributed by atoms with Crippen LogP contribution < -0.4 is 10.1 Å². The van der Waals surface area contributed by atoms with E-state index in [1.165, 1.54) is 0 Å². The van der Waals surface area contributed by atoms with Gasteiger partial charge in [0.15, 0.2) is 0 Å². The first-order valence-corrected chi connectivity index (χ1v) is 9.91. The maximum Gasteiger partial charge on any atom is 0.246 e. The van der Waals surface area contributed by atoms with Crippen molar-refractivity contribution in [1.82, 2.24) is 9.80 Å². The van der Waals surface area contributed by atoms with Crippen LogP contribution in [0, 0.1) is 0 Å². The Morgan fingerprint density at radius 1 is 1.00 bits per heavy atom. The van der Waals surface area contributed by atoms with E-state index < -0.39 is 0 Å². The SMILES string of the molecule is CCOc1ccc(NC(=O)CN2CCN(C(=O)/C=C/c3ccccc3)CC2)cc1. The fourth-order valence-electron chi connectivity index (χ4n) is 3.17. The topological polar surface area (TPSA) is 61.9 Å². The minimum Gasteiger partial charge on any atom is -0.494 e. The number of hydrogen-bond donors (Lipinski definition) is 1. The van der Waals surface area contributed by atoms with E-state index in [0.29, 0.717) is 39.3 Å². The Hall–Kier alpha value is -3.12. The van der Waals surface area contributed by atoms with E-state index in [-0.39, 0.29) is 11.8 Å². The van der Waals surface area contributed by atoms with Gasteiger partial charge in [-0.3, -0.25) is 14.5 Å². The number of amides is 2. The molecule has 1 aliphatic heterocycles. The second kappa shape index (κ2) is 10.4. The molecule has 1 fully saturated rings. The third-order valence-corrected chi connectivity index (χ3v) is 4.72. The van der Waals surface area contributed by atoms with Crippen LogP contribution in [0.25, 0.3) is 6.08 Å². The number of piperazine rings is 1. The number of anilines is 1. The Morgan fingerprint density at radius 3 is 2.34 bits per heavy atom. The van der Waals surface area contributed by atoms with E-state index in [1.54, 1.807) is 6.08 Å². The monoisotopic (exact) mass is 393 g/mol. The summed E-state index contributed by atoms with van der Waals surface area (Å²) in [5.41, 5.74) is 1.75. The van der Waals surface area contributed by atoms with Crippen molar-refractivity contribution in [2.45, 2.75) is 6.92 Å². The predicted octanol–water partition coefficient (Wildman–Crippen LogP) is 2.88. The molecule has 0 bridgehead atoms. The lowest BCUT2D eigenvalue weighted by atomic mass is 10.2. The molecular weight excluding hydrogens is 366 g/mol. The summed E-state index contributed by atoms with van der Waals surface area (Å²) in [6, 6.07) is 17.1. The van der Waals surface area contributed by atoms with E-state index in [4.69, 9.17) is 4.74 Å². The molecule has 0 atom stereocenters. The second-order valence-corrected chi connectivity index (χ2v) is 6.85. The zero-order chi connectivity index (χ0) is 20.5. The number of carbonyl (C=O) groups is 2. The zero-order valence-electron chi connectivity index (χ0n) is 16.7. The van der Waals surface area contributed by atoms with Crippen LogP contribution in [0.1, 0.15) is 12.5 Å². The van der Waals surface area contributed by atoms with Crippen LogP contribution in [0.5, 0.6) is 5.75 Å². The molecule has 6 heteroatoms. The van der Waals surface area contributed by atoms with Crippen LogP contribution in [0.2, 0.25) is 0 Å². The Bertz CT molecular complexity index is 826. The quantitative estimate of drug-likeness (QED) is 0.735. The van der Waals surface area contributed by atoms with Gasteiger partial charge in [0.2, 0.25) is 11.8 Å².